The van der Waals surface area contributed by atoms with Gasteiger partial charge in [-0.3, -0.25) is 9.55 Å². The molecule has 4 N–H and O–H groups in total. The first-order chi connectivity index (χ1) is 8.74. The molecule has 0 aromatic carbocycles. The number of hydrazine groups is 1. The second-order valence-corrected chi connectivity index (χ2v) is 4.44. The van der Waals surface area contributed by atoms with Crippen LogP contribution in [0.25, 0.3) is 0 Å². The molecule has 0 saturated carbocycles. The molecular weight excluding hydrogens is 254 g/mol. The Kier molecular flexibility index (Phi) is 3.95. The van der Waals surface area contributed by atoms with Crippen LogP contribution in [0.3, 0.4) is 0 Å². The third kappa shape index (κ3) is 2.68. The van der Waals surface area contributed by atoms with Crippen molar-refractivity contribution < 1.29 is 0 Å². The molecule has 0 radical (unpaired) electrons. The minimum Gasteiger partial charge on any atom is -0.307 e. The second kappa shape index (κ2) is 5.65. The van der Waals surface area contributed by atoms with Crippen molar-refractivity contribution >= 4 is 17.6 Å². The Labute approximate surface area is 107 Å². The molecule has 0 saturated heterocycles. The van der Waals surface area contributed by atoms with E-state index in [0.717, 1.165) is 6.42 Å². The summed E-state index contributed by atoms with van der Waals surface area (Å²) < 4.78 is 1.56. The van der Waals surface area contributed by atoms with Crippen LogP contribution in [0, 0.1) is 0 Å². The summed E-state index contributed by atoms with van der Waals surface area (Å²) in [6, 6.07) is 0. The Balaban J connectivity index is 2.25. The van der Waals surface area contributed by atoms with Crippen molar-refractivity contribution in [3.05, 3.63) is 22.9 Å². The van der Waals surface area contributed by atoms with Gasteiger partial charge < -0.3 is 5.43 Å². The zero-order valence-corrected chi connectivity index (χ0v) is 10.6. The smallest absolute Gasteiger partial charge is 0.307 e. The molecule has 8 nitrogen and oxygen atoms in total. The van der Waals surface area contributed by atoms with Crippen LogP contribution in [0.1, 0.15) is 13.3 Å². The lowest BCUT2D eigenvalue weighted by molar-refractivity contribution is 0.603. The number of nitrogen functional groups attached to an aromatic ring is 1. The molecule has 0 aliphatic heterocycles. The Bertz CT molecular complexity index is 578. The molecule has 0 unspecified atom stereocenters. The van der Waals surface area contributed by atoms with Gasteiger partial charge in [0.1, 0.15) is 5.03 Å². The average Bonchev–Trinajstić information content (AvgIpc) is 2.72. The first-order valence-corrected chi connectivity index (χ1v) is 6.18. The zero-order valence-electron chi connectivity index (χ0n) is 9.75. The number of H-pyrrole nitrogens is 1. The number of aromatic amines is 1. The molecule has 0 fully saturated rings. The molecule has 0 amide bonds. The number of nitrogens with zero attached hydrogens (tertiary/aromatic N) is 4. The van der Waals surface area contributed by atoms with Crippen molar-refractivity contribution in [3.8, 4) is 0 Å². The summed E-state index contributed by atoms with van der Waals surface area (Å²) in [6.07, 6.45) is 3.94. The van der Waals surface area contributed by atoms with Crippen molar-refractivity contribution in [1.82, 2.24) is 24.7 Å². The van der Waals surface area contributed by atoms with Crippen LogP contribution in [0.4, 0.5) is 5.82 Å². The standard InChI is InChI=1S/C9H13N7OS/c1-2-3-16-8(17)14-15-9(16)18-7-5-11-4-6(12-7)13-10/h4-5H,2-3,10H2,1H3,(H,12,13)(H,14,17). The van der Waals surface area contributed by atoms with Crippen molar-refractivity contribution in [1.29, 1.82) is 0 Å². The molecule has 0 aliphatic carbocycles. The van der Waals surface area contributed by atoms with Crippen molar-refractivity contribution in [2.75, 3.05) is 5.43 Å². The van der Waals surface area contributed by atoms with Crippen LogP contribution in [-0.2, 0) is 6.54 Å². The van der Waals surface area contributed by atoms with Gasteiger partial charge in [0.15, 0.2) is 11.0 Å². The van der Waals surface area contributed by atoms with Gasteiger partial charge in [-0.15, -0.1) is 5.10 Å². The van der Waals surface area contributed by atoms with Gasteiger partial charge in [0.05, 0.1) is 12.4 Å². The fourth-order valence-corrected chi connectivity index (χ4v) is 2.18. The van der Waals surface area contributed by atoms with E-state index >= 15 is 0 Å². The third-order valence-electron chi connectivity index (χ3n) is 2.13. The van der Waals surface area contributed by atoms with E-state index < -0.39 is 0 Å². The first-order valence-electron chi connectivity index (χ1n) is 5.36. The molecule has 0 atom stereocenters. The highest BCUT2D eigenvalue weighted by Gasteiger charge is 2.10. The molecule has 18 heavy (non-hydrogen) atoms. The first kappa shape index (κ1) is 12.6. The van der Waals surface area contributed by atoms with Gasteiger partial charge in [-0.25, -0.2) is 20.7 Å². The summed E-state index contributed by atoms with van der Waals surface area (Å²) in [7, 11) is 0. The highest BCUT2D eigenvalue weighted by Crippen LogP contribution is 2.23. The fraction of sp³-hybridized carbons (Fsp3) is 0.333. The van der Waals surface area contributed by atoms with Gasteiger partial charge in [0.2, 0.25) is 0 Å². The number of rotatable bonds is 5. The molecule has 0 bridgehead atoms. The van der Waals surface area contributed by atoms with Crippen LogP contribution < -0.4 is 17.0 Å². The van der Waals surface area contributed by atoms with Gasteiger partial charge in [0, 0.05) is 6.54 Å². The highest BCUT2D eigenvalue weighted by atomic mass is 32.2. The predicted octanol–water partition coefficient (Wildman–Crippen LogP) is 0.208. The predicted molar refractivity (Wildman–Crippen MR) is 67.1 cm³/mol. The minimum absolute atomic E-state index is 0.222. The number of anilines is 1. The average molecular weight is 267 g/mol. The quantitative estimate of drug-likeness (QED) is 0.524. The monoisotopic (exact) mass is 267 g/mol. The Morgan fingerprint density at radius 1 is 1.56 bits per heavy atom. The SMILES string of the molecule is CCCn1c(Sc2cncc(NN)n2)n[nH]c1=O. The fourth-order valence-electron chi connectivity index (χ4n) is 1.36. The van der Waals surface area contributed by atoms with Crippen molar-refractivity contribution in [2.45, 2.75) is 30.1 Å². The summed E-state index contributed by atoms with van der Waals surface area (Å²) in [5.41, 5.74) is 2.19. The second-order valence-electron chi connectivity index (χ2n) is 3.45. The van der Waals surface area contributed by atoms with Crippen LogP contribution in [0.2, 0.25) is 0 Å². The lowest BCUT2D eigenvalue weighted by Crippen LogP contribution is -2.17. The van der Waals surface area contributed by atoms with Gasteiger partial charge in [0.25, 0.3) is 0 Å². The van der Waals surface area contributed by atoms with E-state index in [2.05, 4.69) is 25.6 Å². The lowest BCUT2D eigenvalue weighted by Gasteiger charge is -2.03. The molecular formula is C9H13N7OS. The molecule has 2 rings (SSSR count). The molecule has 2 aromatic heterocycles. The zero-order chi connectivity index (χ0) is 13.0. The van der Waals surface area contributed by atoms with E-state index in [1.54, 1.807) is 10.8 Å². The Morgan fingerprint density at radius 2 is 2.39 bits per heavy atom. The van der Waals surface area contributed by atoms with Crippen LogP contribution >= 0.6 is 11.8 Å². The number of hydrogen-bond donors (Lipinski definition) is 3. The molecule has 2 aromatic rings. The van der Waals surface area contributed by atoms with E-state index in [0.29, 0.717) is 22.5 Å². The number of nitrogens with one attached hydrogen (secondary N) is 2. The largest absolute Gasteiger partial charge is 0.343 e. The van der Waals surface area contributed by atoms with Crippen LogP contribution in [0.5, 0.6) is 0 Å². The third-order valence-corrected chi connectivity index (χ3v) is 3.03. The molecule has 2 heterocycles. The van der Waals surface area contributed by atoms with Crippen molar-refractivity contribution in [2.24, 2.45) is 5.84 Å². The Hall–Kier alpha value is -1.87. The van der Waals surface area contributed by atoms with Gasteiger partial charge in [-0.2, -0.15) is 0 Å². The molecule has 0 spiro atoms. The maximum atomic E-state index is 11.5. The van der Waals surface area contributed by atoms with E-state index in [1.807, 2.05) is 6.92 Å². The molecule has 9 heteroatoms. The summed E-state index contributed by atoms with van der Waals surface area (Å²) >= 11 is 1.26. The summed E-state index contributed by atoms with van der Waals surface area (Å²) in [5, 5.41) is 7.55. The van der Waals surface area contributed by atoms with E-state index in [9.17, 15) is 4.79 Å². The van der Waals surface area contributed by atoms with Gasteiger partial charge in [-0.05, 0) is 18.2 Å². The minimum atomic E-state index is -0.222. The Morgan fingerprint density at radius 3 is 3.11 bits per heavy atom. The van der Waals surface area contributed by atoms with Crippen LogP contribution in [-0.4, -0.2) is 24.7 Å². The van der Waals surface area contributed by atoms with E-state index in [1.165, 1.54) is 18.0 Å². The van der Waals surface area contributed by atoms with E-state index in [4.69, 9.17) is 5.84 Å². The summed E-state index contributed by atoms with van der Waals surface area (Å²) in [5.74, 6) is 5.71. The number of aromatic nitrogens is 5. The maximum Gasteiger partial charge on any atom is 0.343 e. The van der Waals surface area contributed by atoms with E-state index in [-0.39, 0.29) is 5.69 Å². The van der Waals surface area contributed by atoms with Crippen molar-refractivity contribution in [3.63, 3.8) is 0 Å². The maximum absolute atomic E-state index is 11.5. The van der Waals surface area contributed by atoms with Gasteiger partial charge >= 0.3 is 5.69 Å². The normalized spacial score (nSPS) is 10.6. The summed E-state index contributed by atoms with van der Waals surface area (Å²) in [4.78, 5) is 19.7. The van der Waals surface area contributed by atoms with Crippen LogP contribution in [0.15, 0.2) is 27.4 Å². The molecule has 96 valence electrons. The highest BCUT2D eigenvalue weighted by molar-refractivity contribution is 7.99. The lowest BCUT2D eigenvalue weighted by atomic mass is 10.5. The number of hydrogen-bond acceptors (Lipinski definition) is 7. The summed E-state index contributed by atoms with van der Waals surface area (Å²) in [6.45, 7) is 2.60. The topological polar surface area (TPSA) is 115 Å². The van der Waals surface area contributed by atoms with Gasteiger partial charge in [-0.1, -0.05) is 6.92 Å². The number of nitrogens with two attached hydrogens (primary N) is 1. The molecule has 0 aliphatic rings.